The van der Waals surface area contributed by atoms with Gasteiger partial charge in [-0.05, 0) is 62.3 Å². The molecule has 2 heterocycles. The van der Waals surface area contributed by atoms with Crippen molar-refractivity contribution in [3.05, 3.63) is 52.8 Å². The number of piperidine rings is 1. The van der Waals surface area contributed by atoms with E-state index in [1.54, 1.807) is 24.3 Å². The molecule has 1 aliphatic rings. The number of nitrogens with zero attached hydrogens (tertiary/aromatic N) is 2. The third-order valence-corrected chi connectivity index (χ3v) is 4.82. The van der Waals surface area contributed by atoms with Crippen LogP contribution < -0.4 is 5.32 Å². The van der Waals surface area contributed by atoms with Crippen LogP contribution in [0.4, 0.5) is 0 Å². The molecule has 0 spiro atoms. The van der Waals surface area contributed by atoms with Gasteiger partial charge in [0.05, 0.1) is 0 Å². The maximum atomic E-state index is 12.3. The lowest BCUT2D eigenvalue weighted by Crippen LogP contribution is -2.37. The minimum atomic E-state index is -0.376. The summed E-state index contributed by atoms with van der Waals surface area (Å²) in [5, 5.41) is 12.8. The van der Waals surface area contributed by atoms with Crippen molar-refractivity contribution in [1.29, 1.82) is 5.26 Å². The number of nitrogens with one attached hydrogen (secondary N) is 1. The number of amides is 1. The Bertz CT molecular complexity index is 843. The van der Waals surface area contributed by atoms with Crippen molar-refractivity contribution in [2.45, 2.75) is 19.3 Å². The molecule has 3 rings (SSSR count). The van der Waals surface area contributed by atoms with Gasteiger partial charge < -0.3 is 14.6 Å². The second kappa shape index (κ2) is 9.40. The molecular weight excluding hydrogens is 362 g/mol. The first-order valence-corrected chi connectivity index (χ1v) is 9.51. The molecule has 0 bridgehead atoms. The Morgan fingerprint density at radius 1 is 1.19 bits per heavy atom. The van der Waals surface area contributed by atoms with Gasteiger partial charge in [0, 0.05) is 29.8 Å². The highest BCUT2D eigenvalue weighted by Crippen LogP contribution is 2.24. The van der Waals surface area contributed by atoms with Crippen molar-refractivity contribution >= 4 is 23.6 Å². The first-order chi connectivity index (χ1) is 13.2. The normalized spacial score (nSPS) is 15.3. The van der Waals surface area contributed by atoms with Crippen LogP contribution in [0.5, 0.6) is 0 Å². The minimum Gasteiger partial charge on any atom is -0.457 e. The van der Waals surface area contributed by atoms with E-state index in [1.165, 1.54) is 25.3 Å². The van der Waals surface area contributed by atoms with Gasteiger partial charge in [-0.25, -0.2) is 0 Å². The fourth-order valence-electron chi connectivity index (χ4n) is 3.10. The lowest BCUT2D eigenvalue weighted by molar-refractivity contribution is -0.117. The summed E-state index contributed by atoms with van der Waals surface area (Å²) in [6, 6.07) is 12.8. The number of likely N-dealkylation sites (tertiary alicyclic amines) is 1. The number of furan rings is 1. The fourth-order valence-corrected chi connectivity index (χ4v) is 3.22. The van der Waals surface area contributed by atoms with Crippen LogP contribution in [0.3, 0.4) is 0 Å². The van der Waals surface area contributed by atoms with Crippen LogP contribution in [-0.4, -0.2) is 37.0 Å². The zero-order chi connectivity index (χ0) is 19.1. The van der Waals surface area contributed by atoms with Crippen molar-refractivity contribution in [1.82, 2.24) is 10.2 Å². The molecule has 1 N–H and O–H groups in total. The van der Waals surface area contributed by atoms with E-state index in [1.807, 2.05) is 18.2 Å². The quantitative estimate of drug-likeness (QED) is 0.602. The lowest BCUT2D eigenvalue weighted by Gasteiger charge is -2.26. The zero-order valence-electron chi connectivity index (χ0n) is 15.1. The van der Waals surface area contributed by atoms with E-state index in [0.29, 0.717) is 23.1 Å². The summed E-state index contributed by atoms with van der Waals surface area (Å²) in [5.41, 5.74) is 0.911. The summed E-state index contributed by atoms with van der Waals surface area (Å²) in [7, 11) is 0. The topological polar surface area (TPSA) is 69.3 Å². The van der Waals surface area contributed by atoms with Crippen LogP contribution in [-0.2, 0) is 4.79 Å². The molecule has 1 aromatic heterocycles. The SMILES string of the molecule is N#CC(=Cc1ccc(-c2ccc(Cl)cc2)o1)C(=O)NCCN1CCCCC1. The number of hydrogen-bond acceptors (Lipinski definition) is 4. The van der Waals surface area contributed by atoms with Crippen LogP contribution in [0.15, 0.2) is 46.4 Å². The van der Waals surface area contributed by atoms with E-state index >= 15 is 0 Å². The van der Waals surface area contributed by atoms with Crippen LogP contribution >= 0.6 is 11.6 Å². The first-order valence-electron chi connectivity index (χ1n) is 9.14. The standard InChI is InChI=1S/C21H22ClN3O2/c22-18-6-4-16(5-7-18)20-9-8-19(27-20)14-17(15-23)21(26)24-10-13-25-11-2-1-3-12-25/h4-9,14H,1-3,10-13H2,(H,24,26). The summed E-state index contributed by atoms with van der Waals surface area (Å²) in [5.74, 6) is 0.738. The van der Waals surface area contributed by atoms with E-state index in [9.17, 15) is 10.1 Å². The van der Waals surface area contributed by atoms with Crippen molar-refractivity contribution in [2.24, 2.45) is 0 Å². The molecule has 0 unspecified atom stereocenters. The second-order valence-electron chi connectivity index (χ2n) is 6.54. The average molecular weight is 384 g/mol. The third kappa shape index (κ3) is 5.46. The zero-order valence-corrected chi connectivity index (χ0v) is 15.8. The maximum Gasteiger partial charge on any atom is 0.262 e. The Balaban J connectivity index is 1.59. The number of halogens is 1. The average Bonchev–Trinajstić information content (AvgIpc) is 3.16. The summed E-state index contributed by atoms with van der Waals surface area (Å²) in [6.45, 7) is 3.51. The van der Waals surface area contributed by atoms with Crippen LogP contribution in [0.2, 0.25) is 5.02 Å². The van der Waals surface area contributed by atoms with E-state index in [2.05, 4.69) is 10.2 Å². The van der Waals surface area contributed by atoms with E-state index in [4.69, 9.17) is 16.0 Å². The molecule has 1 fully saturated rings. The molecule has 1 amide bonds. The van der Waals surface area contributed by atoms with Crippen molar-refractivity contribution < 1.29 is 9.21 Å². The molecule has 1 saturated heterocycles. The van der Waals surface area contributed by atoms with E-state index in [0.717, 1.165) is 25.2 Å². The molecule has 0 saturated carbocycles. The Morgan fingerprint density at radius 2 is 1.93 bits per heavy atom. The molecule has 0 atom stereocenters. The number of benzene rings is 1. The molecule has 27 heavy (non-hydrogen) atoms. The number of carbonyl (C=O) groups is 1. The highest BCUT2D eigenvalue weighted by Gasteiger charge is 2.13. The molecule has 6 heteroatoms. The molecular formula is C21H22ClN3O2. The number of rotatable bonds is 6. The number of carbonyl (C=O) groups excluding carboxylic acids is 1. The van der Waals surface area contributed by atoms with Crippen molar-refractivity contribution in [3.8, 4) is 17.4 Å². The van der Waals surface area contributed by atoms with E-state index in [-0.39, 0.29) is 11.5 Å². The Morgan fingerprint density at radius 3 is 2.63 bits per heavy atom. The molecule has 1 aliphatic heterocycles. The molecule has 2 aromatic rings. The van der Waals surface area contributed by atoms with Crippen LogP contribution in [0.25, 0.3) is 17.4 Å². The third-order valence-electron chi connectivity index (χ3n) is 4.57. The van der Waals surface area contributed by atoms with Gasteiger partial charge in [0.25, 0.3) is 5.91 Å². The number of hydrogen-bond donors (Lipinski definition) is 1. The van der Waals surface area contributed by atoms with Gasteiger partial charge in [-0.15, -0.1) is 0 Å². The van der Waals surface area contributed by atoms with Gasteiger partial charge in [0.1, 0.15) is 23.2 Å². The molecule has 1 aromatic carbocycles. The van der Waals surface area contributed by atoms with Gasteiger partial charge in [-0.3, -0.25) is 4.79 Å². The maximum absolute atomic E-state index is 12.3. The van der Waals surface area contributed by atoms with Crippen LogP contribution in [0, 0.1) is 11.3 Å². The molecule has 140 valence electrons. The van der Waals surface area contributed by atoms with Crippen molar-refractivity contribution in [3.63, 3.8) is 0 Å². The summed E-state index contributed by atoms with van der Waals surface area (Å²) >= 11 is 5.89. The second-order valence-corrected chi connectivity index (χ2v) is 6.97. The van der Waals surface area contributed by atoms with Crippen LogP contribution in [0.1, 0.15) is 25.0 Å². The summed E-state index contributed by atoms with van der Waals surface area (Å²) in [6.07, 6.45) is 5.18. The highest BCUT2D eigenvalue weighted by molar-refractivity contribution is 6.30. The summed E-state index contributed by atoms with van der Waals surface area (Å²) in [4.78, 5) is 14.6. The van der Waals surface area contributed by atoms with Gasteiger partial charge in [0.2, 0.25) is 0 Å². The first kappa shape index (κ1) is 19.2. The fraction of sp³-hybridized carbons (Fsp3) is 0.333. The molecule has 0 aliphatic carbocycles. The molecule has 0 radical (unpaired) electrons. The predicted molar refractivity (Wildman–Crippen MR) is 106 cm³/mol. The molecule has 5 nitrogen and oxygen atoms in total. The predicted octanol–water partition coefficient (Wildman–Crippen LogP) is 4.11. The smallest absolute Gasteiger partial charge is 0.262 e. The number of nitriles is 1. The van der Waals surface area contributed by atoms with E-state index < -0.39 is 0 Å². The Labute approximate surface area is 164 Å². The Hall–Kier alpha value is -2.55. The van der Waals surface area contributed by atoms with Gasteiger partial charge in [-0.2, -0.15) is 5.26 Å². The van der Waals surface area contributed by atoms with Crippen molar-refractivity contribution in [2.75, 3.05) is 26.2 Å². The van der Waals surface area contributed by atoms with Gasteiger partial charge in [-0.1, -0.05) is 18.0 Å². The Kier molecular flexibility index (Phi) is 6.69. The largest absolute Gasteiger partial charge is 0.457 e. The lowest BCUT2D eigenvalue weighted by atomic mass is 10.1. The minimum absolute atomic E-state index is 0.0330. The monoisotopic (exact) mass is 383 g/mol. The highest BCUT2D eigenvalue weighted by atomic mass is 35.5. The van der Waals surface area contributed by atoms with Gasteiger partial charge >= 0.3 is 0 Å². The summed E-state index contributed by atoms with van der Waals surface area (Å²) < 4.78 is 5.73. The van der Waals surface area contributed by atoms with Gasteiger partial charge in [0.15, 0.2) is 0 Å².